The number of hydrogen-bond acceptors (Lipinski definition) is 5. The van der Waals surface area contributed by atoms with Gasteiger partial charge in [-0.2, -0.15) is 0 Å². The first-order valence-corrected chi connectivity index (χ1v) is 9.02. The summed E-state index contributed by atoms with van der Waals surface area (Å²) in [5.74, 6) is 0.0526. The number of fused-ring (bicyclic) bond motifs is 1. The van der Waals surface area contributed by atoms with Crippen LogP contribution in [0.5, 0.6) is 5.75 Å². The Bertz CT molecular complexity index is 971. The molecule has 2 heterocycles. The zero-order valence-electron chi connectivity index (χ0n) is 15.2. The molecule has 0 radical (unpaired) electrons. The first-order chi connectivity index (χ1) is 13.1. The minimum absolute atomic E-state index is 0.114. The van der Waals surface area contributed by atoms with Crippen LogP contribution in [0, 0.1) is 5.82 Å². The van der Waals surface area contributed by atoms with Gasteiger partial charge in [0, 0.05) is 12.7 Å². The number of hydrogen-bond donors (Lipinski definition) is 1. The van der Waals surface area contributed by atoms with Gasteiger partial charge in [0.1, 0.15) is 12.4 Å². The van der Waals surface area contributed by atoms with Gasteiger partial charge in [-0.05, 0) is 30.0 Å². The van der Waals surface area contributed by atoms with Crippen LogP contribution >= 0.6 is 0 Å². The van der Waals surface area contributed by atoms with Crippen molar-refractivity contribution in [1.82, 2.24) is 14.5 Å². The highest BCUT2D eigenvalue weighted by Gasteiger charge is 2.13. The number of halogens is 1. The number of benzene rings is 1. The van der Waals surface area contributed by atoms with Gasteiger partial charge in [-0.3, -0.25) is 4.79 Å². The zero-order valence-corrected chi connectivity index (χ0v) is 15.2. The minimum atomic E-state index is -0.546. The van der Waals surface area contributed by atoms with Gasteiger partial charge in [0.2, 0.25) is 0 Å². The fourth-order valence-electron chi connectivity index (χ4n) is 2.88. The molecule has 3 aromatic rings. The Hall–Kier alpha value is -2.80. The van der Waals surface area contributed by atoms with Crippen LogP contribution in [0.2, 0.25) is 0 Å². The molecule has 0 spiro atoms. The smallest absolute Gasteiger partial charge is 0.258 e. The molecule has 1 aromatic carbocycles. The molecule has 0 aliphatic heterocycles. The van der Waals surface area contributed by atoms with E-state index in [1.807, 2.05) is 6.07 Å². The molecular weight excluding hydrogens is 349 g/mol. The molecule has 142 valence electrons. The number of aliphatic hydroxyl groups is 1. The van der Waals surface area contributed by atoms with E-state index < -0.39 is 5.82 Å². The van der Waals surface area contributed by atoms with Gasteiger partial charge >= 0.3 is 0 Å². The Kier molecular flexibility index (Phi) is 6.13. The van der Waals surface area contributed by atoms with E-state index in [-0.39, 0.29) is 30.2 Å². The van der Waals surface area contributed by atoms with Crippen LogP contribution in [-0.4, -0.2) is 32.9 Å². The third kappa shape index (κ3) is 4.31. The summed E-state index contributed by atoms with van der Waals surface area (Å²) < 4.78 is 21.5. The maximum Gasteiger partial charge on any atom is 0.258 e. The van der Waals surface area contributed by atoms with E-state index >= 15 is 0 Å². The first kappa shape index (κ1) is 19.0. The molecule has 0 bridgehead atoms. The van der Waals surface area contributed by atoms with Gasteiger partial charge in [0.25, 0.3) is 5.56 Å². The number of aliphatic hydroxyl groups excluding tert-OH is 1. The largest absolute Gasteiger partial charge is 0.488 e. The van der Waals surface area contributed by atoms with Crippen molar-refractivity contribution in [3.63, 3.8) is 0 Å². The number of rotatable bonds is 8. The lowest BCUT2D eigenvalue weighted by Crippen LogP contribution is -2.19. The SMILES string of the molecule is CCCCCn1ccc2cc(-c3ncc(OCCO)cn3)c(F)cc2c1=O. The highest BCUT2D eigenvalue weighted by atomic mass is 19.1. The molecule has 1 N–H and O–H groups in total. The highest BCUT2D eigenvalue weighted by Crippen LogP contribution is 2.24. The molecule has 2 aromatic heterocycles. The number of aromatic nitrogens is 3. The zero-order chi connectivity index (χ0) is 19.2. The normalized spacial score (nSPS) is 11.1. The molecule has 0 atom stereocenters. The van der Waals surface area contributed by atoms with Crippen LogP contribution in [0.15, 0.2) is 41.6 Å². The molecule has 0 amide bonds. The molecule has 0 saturated carbocycles. The van der Waals surface area contributed by atoms with E-state index in [0.717, 1.165) is 19.3 Å². The molecule has 0 saturated heterocycles. The van der Waals surface area contributed by atoms with Gasteiger partial charge in [0.15, 0.2) is 11.6 Å². The lowest BCUT2D eigenvalue weighted by Gasteiger charge is -2.09. The van der Waals surface area contributed by atoms with Crippen LogP contribution in [0.1, 0.15) is 26.2 Å². The number of aryl methyl sites for hydroxylation is 1. The molecule has 3 rings (SSSR count). The van der Waals surface area contributed by atoms with Crippen molar-refractivity contribution >= 4 is 10.8 Å². The van der Waals surface area contributed by atoms with Crippen molar-refractivity contribution in [3.8, 4) is 17.1 Å². The average molecular weight is 371 g/mol. The summed E-state index contributed by atoms with van der Waals surface area (Å²) in [5, 5.41) is 9.75. The van der Waals surface area contributed by atoms with Gasteiger partial charge < -0.3 is 14.4 Å². The molecule has 27 heavy (non-hydrogen) atoms. The van der Waals surface area contributed by atoms with E-state index in [9.17, 15) is 9.18 Å². The van der Waals surface area contributed by atoms with Gasteiger partial charge in [0.05, 0.1) is 30.0 Å². The summed E-state index contributed by atoms with van der Waals surface area (Å²) in [6, 6.07) is 4.65. The second-order valence-electron chi connectivity index (χ2n) is 6.26. The summed E-state index contributed by atoms with van der Waals surface area (Å²) >= 11 is 0. The lowest BCUT2D eigenvalue weighted by molar-refractivity contribution is 0.200. The average Bonchev–Trinajstić information content (AvgIpc) is 2.69. The predicted molar refractivity (Wildman–Crippen MR) is 101 cm³/mol. The van der Waals surface area contributed by atoms with Crippen LogP contribution in [0.3, 0.4) is 0 Å². The van der Waals surface area contributed by atoms with E-state index in [1.165, 1.54) is 18.5 Å². The maximum absolute atomic E-state index is 14.6. The number of ether oxygens (including phenoxy) is 1. The van der Waals surface area contributed by atoms with E-state index in [2.05, 4.69) is 16.9 Å². The fourth-order valence-corrected chi connectivity index (χ4v) is 2.88. The fraction of sp³-hybridized carbons (Fsp3) is 0.350. The molecule has 0 aliphatic rings. The van der Waals surface area contributed by atoms with Crippen molar-refractivity contribution in [2.75, 3.05) is 13.2 Å². The third-order valence-electron chi connectivity index (χ3n) is 4.30. The molecule has 6 nitrogen and oxygen atoms in total. The predicted octanol–water partition coefficient (Wildman–Crippen LogP) is 3.16. The Morgan fingerprint density at radius 1 is 1.22 bits per heavy atom. The van der Waals surface area contributed by atoms with Crippen molar-refractivity contribution in [2.24, 2.45) is 0 Å². The van der Waals surface area contributed by atoms with Crippen molar-refractivity contribution in [2.45, 2.75) is 32.7 Å². The van der Waals surface area contributed by atoms with Gasteiger partial charge in [-0.15, -0.1) is 0 Å². The van der Waals surface area contributed by atoms with Crippen molar-refractivity contribution in [3.05, 3.63) is 53.0 Å². The second kappa shape index (κ2) is 8.73. The maximum atomic E-state index is 14.6. The number of pyridine rings is 1. The Morgan fingerprint density at radius 2 is 2.00 bits per heavy atom. The molecule has 0 fully saturated rings. The van der Waals surface area contributed by atoms with E-state index in [0.29, 0.717) is 23.1 Å². The Labute approximate surface area is 156 Å². The van der Waals surface area contributed by atoms with E-state index in [1.54, 1.807) is 16.8 Å². The minimum Gasteiger partial charge on any atom is -0.488 e. The first-order valence-electron chi connectivity index (χ1n) is 9.02. The molecular formula is C20H22FN3O3. The van der Waals surface area contributed by atoms with Crippen LogP contribution in [-0.2, 0) is 6.54 Å². The summed E-state index contributed by atoms with van der Waals surface area (Å²) in [6.45, 7) is 2.76. The highest BCUT2D eigenvalue weighted by molar-refractivity contribution is 5.85. The Morgan fingerprint density at radius 3 is 2.70 bits per heavy atom. The summed E-state index contributed by atoms with van der Waals surface area (Å²) in [6.07, 6.45) is 7.63. The second-order valence-corrected chi connectivity index (χ2v) is 6.26. The van der Waals surface area contributed by atoms with Crippen molar-refractivity contribution < 1.29 is 14.2 Å². The van der Waals surface area contributed by atoms with Crippen LogP contribution in [0.4, 0.5) is 4.39 Å². The quantitative estimate of drug-likeness (QED) is 0.616. The van der Waals surface area contributed by atoms with Gasteiger partial charge in [-0.25, -0.2) is 14.4 Å². The summed E-state index contributed by atoms with van der Waals surface area (Å²) in [4.78, 5) is 20.8. The van der Waals surface area contributed by atoms with Gasteiger partial charge in [-0.1, -0.05) is 19.8 Å². The number of nitrogens with zero attached hydrogens (tertiary/aromatic N) is 3. The summed E-state index contributed by atoms with van der Waals surface area (Å²) in [5.41, 5.74) is 0.0297. The van der Waals surface area contributed by atoms with Crippen LogP contribution in [0.25, 0.3) is 22.2 Å². The standard InChI is InChI=1S/C20H22FN3O3/c1-2-3-4-6-24-7-5-14-10-17(18(21)11-16(14)20(24)26)19-22-12-15(13-23-19)27-9-8-25/h5,7,10-13,25H,2-4,6,8-9H2,1H3. The van der Waals surface area contributed by atoms with Crippen molar-refractivity contribution in [1.29, 1.82) is 0 Å². The lowest BCUT2D eigenvalue weighted by atomic mass is 10.1. The molecule has 7 heteroatoms. The molecule has 0 unspecified atom stereocenters. The topological polar surface area (TPSA) is 77.2 Å². The van der Waals surface area contributed by atoms with E-state index in [4.69, 9.17) is 9.84 Å². The third-order valence-corrected chi connectivity index (χ3v) is 4.30. The number of unbranched alkanes of at least 4 members (excludes halogenated alkanes) is 2. The molecule has 0 aliphatic carbocycles. The Balaban J connectivity index is 1.93. The van der Waals surface area contributed by atoms with Crippen LogP contribution < -0.4 is 10.3 Å². The monoisotopic (exact) mass is 371 g/mol. The summed E-state index contributed by atoms with van der Waals surface area (Å²) in [7, 11) is 0.